The van der Waals surface area contributed by atoms with E-state index >= 15 is 0 Å². The van der Waals surface area contributed by atoms with Crippen molar-refractivity contribution in [3.8, 4) is 5.75 Å². The third-order valence-electron chi connectivity index (χ3n) is 6.44. The Hall–Kier alpha value is -2.17. The molecule has 0 aromatic heterocycles. The number of amides is 2. The van der Waals surface area contributed by atoms with Gasteiger partial charge in [-0.2, -0.15) is 4.31 Å². The lowest BCUT2D eigenvalue weighted by Gasteiger charge is -2.32. The largest absolute Gasteiger partial charge is 0.495 e. The second-order valence-electron chi connectivity index (χ2n) is 9.52. The summed E-state index contributed by atoms with van der Waals surface area (Å²) in [5.74, 6) is 0.388. The lowest BCUT2D eigenvalue weighted by Crippen LogP contribution is -2.44. The first-order chi connectivity index (χ1) is 16.2. The van der Waals surface area contributed by atoms with Crippen molar-refractivity contribution in [2.75, 3.05) is 51.7 Å². The lowest BCUT2D eigenvalue weighted by molar-refractivity contribution is -0.124. The number of sulfonamides is 1. The molecule has 0 radical (unpaired) electrons. The molecule has 1 aromatic rings. The standard InChI is InChI=1S/C24H38N4O5S/c1-18(2)24(30)25-15-19-8-7-11-27(16-19)17-23(29)26-20-9-10-21(33-3)22(14-20)34(31,32)28-12-5-4-6-13-28/h9-10,14,18-19H,4-8,11-13,15-17H2,1-3H3,(H,25,30)(H,26,29). The van der Waals surface area contributed by atoms with Gasteiger partial charge in [0.05, 0.1) is 13.7 Å². The normalized spacial score (nSPS) is 20.2. The number of carbonyl (C=O) groups is 2. The Morgan fingerprint density at radius 3 is 2.53 bits per heavy atom. The second kappa shape index (κ2) is 12.0. The van der Waals surface area contributed by atoms with Crippen LogP contribution in [0.3, 0.4) is 0 Å². The van der Waals surface area contributed by atoms with Crippen LogP contribution in [0.15, 0.2) is 23.1 Å². The number of nitrogens with one attached hydrogen (secondary N) is 2. The van der Waals surface area contributed by atoms with Crippen molar-refractivity contribution in [2.45, 2.75) is 50.8 Å². The van der Waals surface area contributed by atoms with Gasteiger partial charge in [0.15, 0.2) is 0 Å². The summed E-state index contributed by atoms with van der Waals surface area (Å²) in [5.41, 5.74) is 0.430. The van der Waals surface area contributed by atoms with E-state index in [1.54, 1.807) is 12.1 Å². The smallest absolute Gasteiger partial charge is 0.246 e. The van der Waals surface area contributed by atoms with Gasteiger partial charge in [-0.3, -0.25) is 14.5 Å². The average molecular weight is 495 g/mol. The van der Waals surface area contributed by atoms with E-state index in [1.807, 2.05) is 13.8 Å². The van der Waals surface area contributed by atoms with E-state index in [2.05, 4.69) is 15.5 Å². The first kappa shape index (κ1) is 26.4. The second-order valence-corrected chi connectivity index (χ2v) is 11.4. The SMILES string of the molecule is COc1ccc(NC(=O)CN2CCCC(CNC(=O)C(C)C)C2)cc1S(=O)(=O)N1CCCCC1. The number of nitrogens with zero attached hydrogens (tertiary/aromatic N) is 2. The number of rotatable bonds is 9. The van der Waals surface area contributed by atoms with Crippen LogP contribution in [-0.4, -0.2) is 75.8 Å². The molecule has 190 valence electrons. The Morgan fingerprint density at radius 1 is 1.12 bits per heavy atom. The monoisotopic (exact) mass is 494 g/mol. The minimum atomic E-state index is -3.71. The zero-order valence-corrected chi connectivity index (χ0v) is 21.3. The van der Waals surface area contributed by atoms with E-state index in [1.165, 1.54) is 17.5 Å². The van der Waals surface area contributed by atoms with Gasteiger partial charge in [-0.25, -0.2) is 8.42 Å². The highest BCUT2D eigenvalue weighted by atomic mass is 32.2. The molecule has 1 unspecified atom stereocenters. The predicted octanol–water partition coefficient (Wildman–Crippen LogP) is 2.29. The molecule has 0 spiro atoms. The molecule has 2 saturated heterocycles. The van der Waals surface area contributed by atoms with Crippen molar-refractivity contribution < 1.29 is 22.7 Å². The number of benzene rings is 1. The van der Waals surface area contributed by atoms with E-state index in [0.717, 1.165) is 45.2 Å². The molecular weight excluding hydrogens is 456 g/mol. The number of carbonyl (C=O) groups excluding carboxylic acids is 2. The maximum absolute atomic E-state index is 13.2. The highest BCUT2D eigenvalue weighted by molar-refractivity contribution is 7.89. The minimum absolute atomic E-state index is 0.0430. The summed E-state index contributed by atoms with van der Waals surface area (Å²) < 4.78 is 33.2. The molecule has 2 aliphatic heterocycles. The molecule has 0 aliphatic carbocycles. The summed E-state index contributed by atoms with van der Waals surface area (Å²) >= 11 is 0. The van der Waals surface area contributed by atoms with Gasteiger partial charge in [0.1, 0.15) is 10.6 Å². The zero-order valence-electron chi connectivity index (χ0n) is 20.5. The number of methoxy groups -OCH3 is 1. The molecule has 1 atom stereocenters. The number of likely N-dealkylation sites (tertiary alicyclic amines) is 1. The first-order valence-electron chi connectivity index (χ1n) is 12.2. The molecule has 2 fully saturated rings. The molecule has 0 saturated carbocycles. The third-order valence-corrected chi connectivity index (χ3v) is 8.36. The molecule has 2 aliphatic rings. The Bertz CT molecular complexity index is 960. The van der Waals surface area contributed by atoms with E-state index < -0.39 is 10.0 Å². The van der Waals surface area contributed by atoms with Gasteiger partial charge in [-0.1, -0.05) is 20.3 Å². The number of anilines is 1. The van der Waals surface area contributed by atoms with Crippen LogP contribution in [0.4, 0.5) is 5.69 Å². The Kier molecular flexibility index (Phi) is 9.32. The quantitative estimate of drug-likeness (QED) is 0.545. The van der Waals surface area contributed by atoms with E-state index in [9.17, 15) is 18.0 Å². The highest BCUT2D eigenvalue weighted by Gasteiger charge is 2.29. The van der Waals surface area contributed by atoms with Crippen LogP contribution in [0.2, 0.25) is 0 Å². The molecule has 10 heteroatoms. The van der Waals surface area contributed by atoms with Crippen molar-refractivity contribution in [2.24, 2.45) is 11.8 Å². The van der Waals surface area contributed by atoms with Crippen LogP contribution in [0.5, 0.6) is 5.75 Å². The first-order valence-corrected chi connectivity index (χ1v) is 13.6. The topological polar surface area (TPSA) is 108 Å². The Labute approximate surface area is 203 Å². The molecule has 0 bridgehead atoms. The van der Waals surface area contributed by atoms with Crippen molar-refractivity contribution in [3.05, 3.63) is 18.2 Å². The maximum atomic E-state index is 13.2. The van der Waals surface area contributed by atoms with Crippen LogP contribution in [0.25, 0.3) is 0 Å². The highest BCUT2D eigenvalue weighted by Crippen LogP contribution is 2.31. The fourth-order valence-corrected chi connectivity index (χ4v) is 6.21. The van der Waals surface area contributed by atoms with Crippen LogP contribution >= 0.6 is 0 Å². The van der Waals surface area contributed by atoms with E-state index in [4.69, 9.17) is 4.74 Å². The molecule has 2 heterocycles. The molecule has 9 nitrogen and oxygen atoms in total. The van der Waals surface area contributed by atoms with Crippen LogP contribution in [-0.2, 0) is 19.6 Å². The summed E-state index contributed by atoms with van der Waals surface area (Å²) in [5, 5.41) is 5.83. The van der Waals surface area contributed by atoms with Gasteiger partial charge >= 0.3 is 0 Å². The number of piperidine rings is 2. The molecular formula is C24H38N4O5S. The van der Waals surface area contributed by atoms with Crippen molar-refractivity contribution in [1.29, 1.82) is 0 Å². The zero-order chi connectivity index (χ0) is 24.7. The Morgan fingerprint density at radius 2 is 1.85 bits per heavy atom. The molecule has 1 aromatic carbocycles. The summed E-state index contributed by atoms with van der Waals surface area (Å²) in [6, 6.07) is 4.73. The predicted molar refractivity (Wildman–Crippen MR) is 131 cm³/mol. The molecule has 3 rings (SSSR count). The summed E-state index contributed by atoms with van der Waals surface area (Å²) in [6.07, 6.45) is 4.70. The maximum Gasteiger partial charge on any atom is 0.246 e. The van der Waals surface area contributed by atoms with Crippen LogP contribution < -0.4 is 15.4 Å². The molecule has 2 N–H and O–H groups in total. The number of hydrogen-bond acceptors (Lipinski definition) is 6. The van der Waals surface area contributed by atoms with Gasteiger partial charge in [-0.05, 0) is 56.3 Å². The summed E-state index contributed by atoms with van der Waals surface area (Å²) in [7, 11) is -2.26. The lowest BCUT2D eigenvalue weighted by atomic mass is 9.97. The van der Waals surface area contributed by atoms with Crippen molar-refractivity contribution in [1.82, 2.24) is 14.5 Å². The third kappa shape index (κ3) is 6.93. The van der Waals surface area contributed by atoms with Gasteiger partial charge in [0.2, 0.25) is 21.8 Å². The van der Waals surface area contributed by atoms with Gasteiger partial charge in [0, 0.05) is 37.8 Å². The minimum Gasteiger partial charge on any atom is -0.495 e. The fraction of sp³-hybridized carbons (Fsp3) is 0.667. The molecule has 34 heavy (non-hydrogen) atoms. The van der Waals surface area contributed by atoms with Gasteiger partial charge in [0.25, 0.3) is 0 Å². The average Bonchev–Trinajstić information content (AvgIpc) is 2.83. The summed E-state index contributed by atoms with van der Waals surface area (Å²) in [6.45, 7) is 7.12. The van der Waals surface area contributed by atoms with Gasteiger partial charge < -0.3 is 15.4 Å². The van der Waals surface area contributed by atoms with E-state index in [0.29, 0.717) is 31.2 Å². The van der Waals surface area contributed by atoms with Crippen LogP contribution in [0.1, 0.15) is 46.0 Å². The fourth-order valence-electron chi connectivity index (χ4n) is 4.51. The van der Waals surface area contributed by atoms with Crippen molar-refractivity contribution in [3.63, 3.8) is 0 Å². The van der Waals surface area contributed by atoms with Crippen LogP contribution in [0, 0.1) is 11.8 Å². The number of ether oxygens (including phenoxy) is 1. The van der Waals surface area contributed by atoms with Crippen molar-refractivity contribution >= 4 is 27.5 Å². The Balaban J connectivity index is 1.61. The van der Waals surface area contributed by atoms with E-state index in [-0.39, 0.29) is 34.9 Å². The number of hydrogen-bond donors (Lipinski definition) is 2. The summed E-state index contributed by atoms with van der Waals surface area (Å²) in [4.78, 5) is 26.8. The molecule has 2 amide bonds. The van der Waals surface area contributed by atoms with Gasteiger partial charge in [-0.15, -0.1) is 0 Å².